The van der Waals surface area contributed by atoms with Crippen LogP contribution in [0.15, 0.2) is 18.6 Å². The summed E-state index contributed by atoms with van der Waals surface area (Å²) in [6.07, 6.45) is -10.7. The minimum Gasteiger partial charge on any atom is -0.383 e. The van der Waals surface area contributed by atoms with Crippen LogP contribution in [0.5, 0.6) is 0 Å². The van der Waals surface area contributed by atoms with E-state index in [0.29, 0.717) is 18.6 Å². The van der Waals surface area contributed by atoms with Crippen molar-refractivity contribution in [2.45, 2.75) is 133 Å². The molecule has 0 aliphatic carbocycles. The number of nitrogen functional groups attached to an aromatic ring is 3. The van der Waals surface area contributed by atoms with Crippen molar-refractivity contribution >= 4 is 35.3 Å². The molecule has 0 bridgehead atoms. The van der Waals surface area contributed by atoms with E-state index < -0.39 is 52.7 Å². The second-order valence-electron chi connectivity index (χ2n) is 16.9. The summed E-state index contributed by atoms with van der Waals surface area (Å²) in [6.45, 7) is 26.1. The molecule has 0 aliphatic rings. The summed E-state index contributed by atoms with van der Waals surface area (Å²) < 4.78 is 113. The third kappa shape index (κ3) is 16.1. The minimum atomic E-state index is -4.54. The molecule has 0 unspecified atom stereocenters. The number of nitrogens with zero attached hydrogens (tertiary/aromatic N) is 6. The molecule has 0 aromatic carbocycles. The Bertz CT molecular complexity index is 1720. The summed E-state index contributed by atoms with van der Waals surface area (Å²) in [5.41, 5.74) is 12.7. The van der Waals surface area contributed by atoms with Crippen LogP contribution in [-0.4, -0.2) is 48.0 Å². The lowest BCUT2D eigenvalue weighted by molar-refractivity contribution is -0.138. The van der Waals surface area contributed by atoms with Crippen LogP contribution in [0.25, 0.3) is 0 Å². The topological polar surface area (TPSA) is 191 Å². The number of hydrogen-bond donors (Lipinski definition) is 6. The van der Waals surface area contributed by atoms with Gasteiger partial charge in [0.1, 0.15) is 34.1 Å². The number of halogens is 9. The van der Waals surface area contributed by atoms with E-state index in [1.54, 1.807) is 0 Å². The Hall–Kier alpha value is -4.59. The van der Waals surface area contributed by atoms with Crippen molar-refractivity contribution in [1.82, 2.24) is 29.9 Å². The molecule has 57 heavy (non-hydrogen) atoms. The van der Waals surface area contributed by atoms with E-state index in [9.17, 15) is 39.5 Å². The molecular formula is C36H57F9N12. The monoisotopic (exact) mass is 828 g/mol. The first kappa shape index (κ1) is 50.4. The molecule has 3 atom stereocenters. The van der Waals surface area contributed by atoms with Crippen molar-refractivity contribution in [3.05, 3.63) is 35.3 Å². The van der Waals surface area contributed by atoms with Gasteiger partial charge in [-0.2, -0.15) is 54.5 Å². The van der Waals surface area contributed by atoms with Crippen LogP contribution in [0.4, 0.5) is 74.8 Å². The SMILES string of the molecule is CC(C)[C@H](Nc1ncc(C(F)(F)F)c(N)n1)C(C)(C)C.CC[C@H](Nc1ncc(C(F)(F)F)c(N)n1)C(C)(C)C.C[C@H](Nc1ncc(C(F)(F)F)c(N)n1)C(C)(C)C. The highest BCUT2D eigenvalue weighted by atomic mass is 19.4. The molecule has 0 spiro atoms. The molecule has 0 radical (unpaired) electrons. The molecule has 0 saturated heterocycles. The number of nitrogens with two attached hydrogens (primary N) is 3. The molecule has 0 saturated carbocycles. The Morgan fingerprint density at radius 2 is 0.825 bits per heavy atom. The lowest BCUT2D eigenvalue weighted by atomic mass is 9.80. The van der Waals surface area contributed by atoms with Gasteiger partial charge in [0.05, 0.1) is 0 Å². The maximum absolute atomic E-state index is 12.6. The fraction of sp³-hybridized carbons (Fsp3) is 0.667. The fourth-order valence-corrected chi connectivity index (χ4v) is 5.07. The van der Waals surface area contributed by atoms with Crippen LogP contribution in [0.1, 0.15) is 113 Å². The Balaban J connectivity index is 0.000000428. The molecule has 3 aromatic rings. The number of hydrogen-bond acceptors (Lipinski definition) is 12. The van der Waals surface area contributed by atoms with E-state index in [2.05, 4.69) is 45.9 Å². The summed E-state index contributed by atoms with van der Waals surface area (Å²) in [4.78, 5) is 22.1. The highest BCUT2D eigenvalue weighted by molar-refractivity contribution is 5.47. The summed E-state index contributed by atoms with van der Waals surface area (Å²) in [5, 5.41) is 9.02. The van der Waals surface area contributed by atoms with Gasteiger partial charge in [-0.15, -0.1) is 0 Å². The zero-order chi connectivity index (χ0) is 44.7. The summed E-state index contributed by atoms with van der Waals surface area (Å²) in [5.74, 6) is -1.09. The molecule has 0 amide bonds. The van der Waals surface area contributed by atoms with Crippen molar-refractivity contribution in [3.63, 3.8) is 0 Å². The molecule has 3 rings (SSSR count). The van der Waals surface area contributed by atoms with Crippen LogP contribution in [0.2, 0.25) is 0 Å². The molecule has 9 N–H and O–H groups in total. The number of nitrogens with one attached hydrogen (secondary N) is 3. The molecule has 21 heteroatoms. The summed E-state index contributed by atoms with van der Waals surface area (Å²) in [7, 11) is 0. The molecule has 3 heterocycles. The molecule has 3 aromatic heterocycles. The van der Waals surface area contributed by atoms with Crippen LogP contribution in [0, 0.1) is 22.2 Å². The number of alkyl halides is 9. The summed E-state index contributed by atoms with van der Waals surface area (Å²) >= 11 is 0. The highest BCUT2D eigenvalue weighted by Gasteiger charge is 2.37. The first-order valence-electron chi connectivity index (χ1n) is 17.9. The van der Waals surface area contributed by atoms with Gasteiger partial charge < -0.3 is 33.2 Å². The van der Waals surface area contributed by atoms with Gasteiger partial charge in [-0.1, -0.05) is 83.1 Å². The van der Waals surface area contributed by atoms with Gasteiger partial charge in [0, 0.05) is 36.7 Å². The van der Waals surface area contributed by atoms with Gasteiger partial charge in [0.15, 0.2) is 0 Å². The number of rotatable bonds is 8. The standard InChI is InChI=1S/C13H21F3N4.C12H19F3N4.C11H17F3N4/c1-7(2)9(12(3,4)5)19-11-18-6-8(10(17)20-11)13(14,15)16;1-5-8(11(2,3)4)18-10-17-6-7(9(16)19-10)12(13,14)15;1-6(10(2,3)4)17-9-16-5-7(8(15)18-9)11(12,13)14/h6-7,9H,1-5H3,(H3,17,18,19,20);6,8H,5H2,1-4H3,(H3,16,17,18,19);5-6H,1-4H3,(H3,15,16,17,18)/t9-;8-;6-/m000/s1. The van der Waals surface area contributed by atoms with E-state index in [1.165, 1.54) is 0 Å². The zero-order valence-electron chi connectivity index (χ0n) is 34.6. The van der Waals surface area contributed by atoms with E-state index >= 15 is 0 Å². The average molecular weight is 829 g/mol. The van der Waals surface area contributed by atoms with Crippen LogP contribution >= 0.6 is 0 Å². The molecular weight excluding hydrogens is 771 g/mol. The van der Waals surface area contributed by atoms with Gasteiger partial charge in [-0.05, 0) is 35.5 Å². The Morgan fingerprint density at radius 3 is 1.05 bits per heavy atom. The molecule has 0 aliphatic heterocycles. The third-order valence-electron chi connectivity index (χ3n) is 8.66. The van der Waals surface area contributed by atoms with Crippen molar-refractivity contribution in [3.8, 4) is 0 Å². The maximum atomic E-state index is 12.6. The predicted octanol–water partition coefficient (Wildman–Crippen LogP) is 9.80. The molecule has 12 nitrogen and oxygen atoms in total. The second-order valence-corrected chi connectivity index (χ2v) is 16.9. The lowest BCUT2D eigenvalue weighted by Crippen LogP contribution is -2.39. The van der Waals surface area contributed by atoms with E-state index in [1.807, 2.05) is 90.0 Å². The Kier molecular flexibility index (Phi) is 16.6. The van der Waals surface area contributed by atoms with E-state index in [-0.39, 0.29) is 58.1 Å². The highest BCUT2D eigenvalue weighted by Crippen LogP contribution is 2.35. The van der Waals surface area contributed by atoms with Crippen LogP contribution in [-0.2, 0) is 18.5 Å². The van der Waals surface area contributed by atoms with Gasteiger partial charge in [-0.25, -0.2) is 15.0 Å². The zero-order valence-corrected chi connectivity index (χ0v) is 34.6. The second kappa shape index (κ2) is 18.8. The lowest BCUT2D eigenvalue weighted by Gasteiger charge is -2.34. The number of aromatic nitrogens is 6. The normalized spacial score (nSPS) is 14.4. The van der Waals surface area contributed by atoms with Crippen molar-refractivity contribution < 1.29 is 39.5 Å². The van der Waals surface area contributed by atoms with E-state index in [0.717, 1.165) is 6.42 Å². The van der Waals surface area contributed by atoms with Gasteiger partial charge in [0.25, 0.3) is 0 Å². The summed E-state index contributed by atoms with van der Waals surface area (Å²) in [6, 6.07) is 0.0518. The molecule has 324 valence electrons. The van der Waals surface area contributed by atoms with Gasteiger partial charge in [0.2, 0.25) is 17.8 Å². The average Bonchev–Trinajstić information content (AvgIpc) is 2.99. The van der Waals surface area contributed by atoms with Crippen molar-refractivity contribution in [1.29, 1.82) is 0 Å². The first-order chi connectivity index (χ1) is 25.5. The maximum Gasteiger partial charge on any atom is 0.421 e. The first-order valence-corrected chi connectivity index (χ1v) is 17.9. The van der Waals surface area contributed by atoms with Gasteiger partial charge in [-0.3, -0.25) is 0 Å². The fourth-order valence-electron chi connectivity index (χ4n) is 5.07. The Morgan fingerprint density at radius 1 is 0.509 bits per heavy atom. The third-order valence-corrected chi connectivity index (χ3v) is 8.66. The smallest absolute Gasteiger partial charge is 0.383 e. The Labute approximate surface area is 328 Å². The number of anilines is 6. The van der Waals surface area contributed by atoms with Crippen LogP contribution in [0.3, 0.4) is 0 Å². The molecule has 0 fully saturated rings. The van der Waals surface area contributed by atoms with Crippen molar-refractivity contribution in [2.75, 3.05) is 33.2 Å². The quantitative estimate of drug-likeness (QED) is 0.118. The van der Waals surface area contributed by atoms with Gasteiger partial charge >= 0.3 is 18.5 Å². The van der Waals surface area contributed by atoms with Crippen molar-refractivity contribution in [2.24, 2.45) is 22.2 Å². The predicted molar refractivity (Wildman–Crippen MR) is 206 cm³/mol. The minimum absolute atomic E-state index is 0.00589. The van der Waals surface area contributed by atoms with E-state index in [4.69, 9.17) is 17.2 Å². The van der Waals surface area contributed by atoms with Crippen LogP contribution < -0.4 is 33.2 Å². The largest absolute Gasteiger partial charge is 0.421 e.